The minimum absolute atomic E-state index is 0.0144. The lowest BCUT2D eigenvalue weighted by atomic mass is 9.66. The number of urea groups is 1. The molecule has 3 aromatic heterocycles. The Balaban J connectivity index is 1.24. The molecule has 1 spiro atoms. The van der Waals surface area contributed by atoms with Gasteiger partial charge in [-0.05, 0) is 82.1 Å². The van der Waals surface area contributed by atoms with Crippen molar-refractivity contribution in [1.29, 1.82) is 0 Å². The van der Waals surface area contributed by atoms with Crippen molar-refractivity contribution in [3.8, 4) is 5.75 Å². The number of fused-ring (bicyclic) bond motifs is 3. The number of likely N-dealkylation sites (tertiary alicyclic amines) is 1. The first-order valence-corrected chi connectivity index (χ1v) is 18.6. The number of nitrogens with one attached hydrogen (secondary N) is 2. The van der Waals surface area contributed by atoms with Crippen LogP contribution in [0.4, 0.5) is 23.7 Å². The molecular weight excluding hydrogens is 757 g/mol. The van der Waals surface area contributed by atoms with Gasteiger partial charge in [0.05, 0.1) is 22.0 Å². The van der Waals surface area contributed by atoms with Crippen molar-refractivity contribution < 1.29 is 32.7 Å². The summed E-state index contributed by atoms with van der Waals surface area (Å²) in [6, 6.07) is 2.35. The summed E-state index contributed by atoms with van der Waals surface area (Å²) in [5, 5.41) is 20.5. The van der Waals surface area contributed by atoms with Crippen molar-refractivity contribution in [2.24, 2.45) is 0 Å². The number of aryl methyl sites for hydroxylation is 1. The predicted octanol–water partition coefficient (Wildman–Crippen LogP) is 4.72. The zero-order valence-electron chi connectivity index (χ0n) is 30.9. The van der Waals surface area contributed by atoms with E-state index in [0.29, 0.717) is 68.4 Å². The summed E-state index contributed by atoms with van der Waals surface area (Å²) >= 11 is 6.17. The zero-order chi connectivity index (χ0) is 40.1. The van der Waals surface area contributed by atoms with Gasteiger partial charge in [-0.25, -0.2) is 14.8 Å². The number of nitrogens with zero attached hydrogens (tertiary/aromatic N) is 8. The van der Waals surface area contributed by atoms with E-state index in [1.165, 1.54) is 15.7 Å². The molecule has 1 atom stereocenters. The number of aromatic nitrogens is 6. The Morgan fingerprint density at radius 2 is 1.86 bits per heavy atom. The van der Waals surface area contributed by atoms with Crippen LogP contribution in [0.5, 0.6) is 5.75 Å². The van der Waals surface area contributed by atoms with Crippen molar-refractivity contribution in [3.63, 3.8) is 0 Å². The highest BCUT2D eigenvalue weighted by atomic mass is 35.5. The third-order valence-electron chi connectivity index (χ3n) is 11.0. The number of piperidine rings is 1. The van der Waals surface area contributed by atoms with Crippen molar-refractivity contribution in [2.75, 3.05) is 32.5 Å². The molecule has 0 radical (unpaired) electrons. The molecule has 7 rings (SSSR count). The second kappa shape index (κ2) is 14.9. The van der Waals surface area contributed by atoms with E-state index in [1.807, 2.05) is 6.08 Å². The number of carbonyl (C=O) groups is 3. The highest BCUT2D eigenvalue weighted by Gasteiger charge is 2.45. The molecule has 2 aliphatic carbocycles. The van der Waals surface area contributed by atoms with Gasteiger partial charge in [0.15, 0.2) is 17.3 Å². The van der Waals surface area contributed by atoms with Crippen LogP contribution in [0.3, 0.4) is 0 Å². The van der Waals surface area contributed by atoms with Crippen molar-refractivity contribution in [3.05, 3.63) is 80.0 Å². The van der Waals surface area contributed by atoms with Crippen LogP contribution < -0.4 is 16.2 Å². The van der Waals surface area contributed by atoms with Crippen LogP contribution in [0.25, 0.3) is 11.4 Å². The van der Waals surface area contributed by atoms with E-state index in [1.54, 1.807) is 30.5 Å². The van der Waals surface area contributed by atoms with E-state index in [0.717, 1.165) is 23.8 Å². The van der Waals surface area contributed by atoms with E-state index in [-0.39, 0.29) is 70.9 Å². The van der Waals surface area contributed by atoms with Crippen LogP contribution >= 0.6 is 11.6 Å². The average molecular weight is 797 g/mol. The van der Waals surface area contributed by atoms with Gasteiger partial charge >= 0.3 is 12.2 Å². The Bertz CT molecular complexity index is 2330. The van der Waals surface area contributed by atoms with Gasteiger partial charge in [-0.1, -0.05) is 17.7 Å². The number of hydrogen-bond acceptors (Lipinski definition) is 9. The fraction of sp³-hybridized carbons (Fsp3) is 0.459. The summed E-state index contributed by atoms with van der Waals surface area (Å²) in [6.07, 6.45) is 2.75. The lowest BCUT2D eigenvalue weighted by Gasteiger charge is -2.45. The number of halogens is 4. The Hall–Kier alpha value is -5.52. The normalized spacial score (nSPS) is 18.0. The minimum Gasteiger partial charge on any atom is -0.504 e. The molecule has 56 heavy (non-hydrogen) atoms. The molecule has 1 fully saturated rings. The maximum absolute atomic E-state index is 14.6. The first kappa shape index (κ1) is 38.7. The van der Waals surface area contributed by atoms with Crippen molar-refractivity contribution in [2.45, 2.75) is 82.5 Å². The summed E-state index contributed by atoms with van der Waals surface area (Å²) in [7, 11) is 3.32. The lowest BCUT2D eigenvalue weighted by molar-refractivity contribution is -0.137. The molecule has 1 saturated heterocycles. The van der Waals surface area contributed by atoms with E-state index in [9.17, 15) is 37.5 Å². The highest BCUT2D eigenvalue weighted by Crippen LogP contribution is 2.44. The largest absolute Gasteiger partial charge is 0.504 e. The summed E-state index contributed by atoms with van der Waals surface area (Å²) in [5.74, 6) is -0.918. The van der Waals surface area contributed by atoms with E-state index < -0.39 is 29.0 Å². The molecule has 4 heterocycles. The summed E-state index contributed by atoms with van der Waals surface area (Å²) < 4.78 is 42.7. The molecule has 19 heteroatoms. The molecule has 3 aliphatic rings. The fourth-order valence-corrected chi connectivity index (χ4v) is 8.15. The first-order valence-electron chi connectivity index (χ1n) is 18.2. The number of carbonyl (C=O) groups excluding carboxylic acids is 3. The maximum atomic E-state index is 14.6. The van der Waals surface area contributed by atoms with Gasteiger partial charge in [0.2, 0.25) is 11.7 Å². The van der Waals surface area contributed by atoms with Crippen molar-refractivity contribution in [1.82, 2.24) is 44.2 Å². The van der Waals surface area contributed by atoms with Gasteiger partial charge in [0, 0.05) is 49.9 Å². The quantitative estimate of drug-likeness (QED) is 0.249. The number of aromatic hydroxyl groups is 1. The Morgan fingerprint density at radius 3 is 2.52 bits per heavy atom. The third-order valence-corrected chi connectivity index (χ3v) is 11.3. The molecule has 1 unspecified atom stereocenters. The second-order valence-corrected chi connectivity index (χ2v) is 15.1. The smallest absolute Gasteiger partial charge is 0.416 e. The summed E-state index contributed by atoms with van der Waals surface area (Å²) in [6.45, 7) is 1.76. The standard InChI is InChI=1S/C37H40ClF3N10O5/c1-20-30(53)29(43-19-42-20)33(55)49-15-13-36(14-16-49)12-4-5-26-28(36)32(54)51-34(46-31(47-51)21-6-9-23(10-7-21)44-35(56)48(2)3)50(26)18-27(52)45-25-11-8-22(17-24(25)38)37(39,40)41/h6,8,11,17,19,23,53H,4-5,7,9-10,12-16,18H2,1-3H3,(H,44,56)(H,45,52). The molecule has 296 valence electrons. The minimum atomic E-state index is -4.62. The van der Waals surface area contributed by atoms with Crippen LogP contribution in [0, 0.1) is 6.92 Å². The molecule has 0 saturated carbocycles. The zero-order valence-corrected chi connectivity index (χ0v) is 31.7. The highest BCUT2D eigenvalue weighted by molar-refractivity contribution is 6.33. The Kier molecular flexibility index (Phi) is 10.3. The van der Waals surface area contributed by atoms with Crippen LogP contribution in [0.2, 0.25) is 5.02 Å². The predicted molar refractivity (Wildman–Crippen MR) is 198 cm³/mol. The van der Waals surface area contributed by atoms with Gasteiger partial charge in [-0.15, -0.1) is 5.10 Å². The lowest BCUT2D eigenvalue weighted by Crippen LogP contribution is -2.50. The number of rotatable bonds is 6. The van der Waals surface area contributed by atoms with Gasteiger partial charge in [0.1, 0.15) is 12.9 Å². The van der Waals surface area contributed by atoms with Crippen LogP contribution in [-0.4, -0.2) is 95.1 Å². The molecule has 0 bridgehead atoms. The summed E-state index contributed by atoms with van der Waals surface area (Å²) in [4.78, 5) is 69.8. The molecule has 15 nitrogen and oxygen atoms in total. The number of benzene rings is 1. The summed E-state index contributed by atoms with van der Waals surface area (Å²) in [5.41, 5.74) is -0.0103. The molecule has 1 aromatic carbocycles. The van der Waals surface area contributed by atoms with Crippen LogP contribution in [0.1, 0.15) is 83.8 Å². The number of amides is 4. The molecule has 4 aromatic rings. The van der Waals surface area contributed by atoms with Gasteiger partial charge < -0.3 is 30.1 Å². The number of alkyl halides is 3. The van der Waals surface area contributed by atoms with Crippen LogP contribution in [0.15, 0.2) is 35.4 Å². The monoisotopic (exact) mass is 796 g/mol. The SMILES string of the molecule is Cc1ncnc(C(=O)N2CCC3(CCCc4c3c(=O)n3nc(C5=CCC(NC(=O)N(C)C)CC5)nc3n4CC(=O)Nc3ccc(C(F)(F)F)cc3Cl)CC2)c1O. The topological polar surface area (TPSA) is 180 Å². The van der Waals surface area contributed by atoms with Crippen molar-refractivity contribution >= 4 is 46.5 Å². The third kappa shape index (κ3) is 7.29. The maximum Gasteiger partial charge on any atom is 0.416 e. The van der Waals surface area contributed by atoms with Crippen LogP contribution in [-0.2, 0) is 29.4 Å². The van der Waals surface area contributed by atoms with Gasteiger partial charge in [-0.3, -0.25) is 14.4 Å². The van der Waals surface area contributed by atoms with E-state index in [4.69, 9.17) is 16.6 Å². The fourth-order valence-electron chi connectivity index (χ4n) is 7.92. The number of anilines is 1. The second-order valence-electron chi connectivity index (χ2n) is 14.7. The Labute approximate surface area is 323 Å². The van der Waals surface area contributed by atoms with Gasteiger partial charge in [-0.2, -0.15) is 22.7 Å². The molecular formula is C37H40ClF3N10O5. The first-order chi connectivity index (χ1) is 26.6. The van der Waals surface area contributed by atoms with E-state index in [2.05, 4.69) is 25.7 Å². The van der Waals surface area contributed by atoms with Gasteiger partial charge in [0.25, 0.3) is 11.5 Å². The number of allylic oxidation sites excluding steroid dienone is 1. The molecule has 1 aliphatic heterocycles. The molecule has 4 amide bonds. The average Bonchev–Trinajstić information content (AvgIpc) is 3.61. The number of hydrogen-bond donors (Lipinski definition) is 3. The van der Waals surface area contributed by atoms with E-state index >= 15 is 0 Å². The Morgan fingerprint density at radius 1 is 1.11 bits per heavy atom. The molecule has 3 N–H and O–H groups in total.